The molecule has 6 heteroatoms. The summed E-state index contributed by atoms with van der Waals surface area (Å²) in [5, 5.41) is 0.174. The van der Waals surface area contributed by atoms with Crippen LogP contribution in [0.3, 0.4) is 0 Å². The maximum atomic E-state index is 11.7. The van der Waals surface area contributed by atoms with Crippen molar-refractivity contribution < 1.29 is 19.0 Å². The summed E-state index contributed by atoms with van der Waals surface area (Å²) in [5.74, 6) is -0.177. The minimum atomic E-state index is -0.476. The van der Waals surface area contributed by atoms with Crippen molar-refractivity contribution in [2.24, 2.45) is 5.92 Å². The Labute approximate surface area is 118 Å². The number of rotatable bonds is 4. The van der Waals surface area contributed by atoms with Crippen LogP contribution in [-0.2, 0) is 19.0 Å². The van der Waals surface area contributed by atoms with Gasteiger partial charge < -0.3 is 14.2 Å². The smallest absolute Gasteiger partial charge is 0.335 e. The number of esters is 1. The van der Waals surface area contributed by atoms with E-state index < -0.39 is 6.10 Å². The van der Waals surface area contributed by atoms with Crippen LogP contribution in [0.25, 0.3) is 0 Å². The van der Waals surface area contributed by atoms with Gasteiger partial charge in [-0.3, -0.25) is 0 Å². The molecule has 1 fully saturated rings. The van der Waals surface area contributed by atoms with E-state index in [-0.39, 0.29) is 17.1 Å². The number of methoxy groups -OCH3 is 1. The van der Waals surface area contributed by atoms with E-state index in [4.69, 9.17) is 26.4 Å². The number of hydrogen-bond donors (Lipinski definition) is 0. The van der Waals surface area contributed by atoms with Crippen LogP contribution < -0.4 is 0 Å². The van der Waals surface area contributed by atoms with Gasteiger partial charge in [-0.05, 0) is 32.0 Å². The van der Waals surface area contributed by atoms with Crippen LogP contribution in [0.1, 0.15) is 26.7 Å². The van der Waals surface area contributed by atoms with E-state index in [1.54, 1.807) is 0 Å². The molecule has 1 aliphatic heterocycles. The van der Waals surface area contributed by atoms with E-state index in [0.717, 1.165) is 12.8 Å². The lowest BCUT2D eigenvalue weighted by Gasteiger charge is -2.33. The Bertz CT molecular complexity index is 296. The Morgan fingerprint density at radius 2 is 2.33 bits per heavy atom. The first kappa shape index (κ1) is 15.7. The van der Waals surface area contributed by atoms with E-state index in [1.165, 1.54) is 18.9 Å². The van der Waals surface area contributed by atoms with Crippen molar-refractivity contribution in [3.05, 3.63) is 0 Å². The molecule has 104 valence electrons. The van der Waals surface area contributed by atoms with Crippen LogP contribution >= 0.6 is 24.0 Å². The average Bonchev–Trinajstić information content (AvgIpc) is 2.38. The van der Waals surface area contributed by atoms with Gasteiger partial charge in [-0.15, -0.1) is 0 Å². The Hall–Kier alpha value is -0.330. The molecule has 0 aromatic carbocycles. The van der Waals surface area contributed by atoms with E-state index in [2.05, 4.69) is 0 Å². The summed E-state index contributed by atoms with van der Waals surface area (Å²) in [5.41, 5.74) is 0. The maximum Gasteiger partial charge on any atom is 0.335 e. The highest BCUT2D eigenvalue weighted by Gasteiger charge is 2.37. The lowest BCUT2D eigenvalue weighted by Crippen LogP contribution is -2.41. The van der Waals surface area contributed by atoms with Crippen LogP contribution in [0.5, 0.6) is 0 Å². The monoisotopic (exact) mass is 292 g/mol. The maximum absolute atomic E-state index is 11.7. The van der Waals surface area contributed by atoms with Crippen molar-refractivity contribution in [3.63, 3.8) is 0 Å². The summed E-state index contributed by atoms with van der Waals surface area (Å²) in [6, 6.07) is 0. The summed E-state index contributed by atoms with van der Waals surface area (Å²) >= 11 is 6.60. The van der Waals surface area contributed by atoms with Crippen molar-refractivity contribution >= 4 is 34.3 Å². The third-order valence-corrected chi connectivity index (χ3v) is 4.39. The third-order valence-electron chi connectivity index (χ3n) is 2.95. The van der Waals surface area contributed by atoms with Crippen molar-refractivity contribution in [1.82, 2.24) is 0 Å². The van der Waals surface area contributed by atoms with Gasteiger partial charge in [0.05, 0.1) is 13.7 Å². The van der Waals surface area contributed by atoms with Gasteiger partial charge in [-0.1, -0.05) is 18.7 Å². The zero-order valence-electron chi connectivity index (χ0n) is 11.0. The van der Waals surface area contributed by atoms with Gasteiger partial charge in [0.1, 0.15) is 0 Å². The highest BCUT2D eigenvalue weighted by atomic mass is 32.2. The summed E-state index contributed by atoms with van der Waals surface area (Å²) < 4.78 is 16.1. The minimum Gasteiger partial charge on any atom is -0.479 e. The molecule has 1 aliphatic rings. The van der Waals surface area contributed by atoms with Crippen molar-refractivity contribution in [3.8, 4) is 0 Å². The second-order valence-electron chi connectivity index (χ2n) is 4.13. The second-order valence-corrected chi connectivity index (χ2v) is 6.11. The van der Waals surface area contributed by atoms with Crippen LogP contribution in [-0.4, -0.2) is 42.0 Å². The van der Waals surface area contributed by atoms with E-state index in [1.807, 2.05) is 13.8 Å². The molecule has 0 amide bonds. The first-order valence-electron chi connectivity index (χ1n) is 6.13. The highest BCUT2D eigenvalue weighted by Crippen LogP contribution is 2.32. The van der Waals surface area contributed by atoms with Gasteiger partial charge in [0.2, 0.25) is 4.38 Å². The van der Waals surface area contributed by atoms with Gasteiger partial charge in [-0.25, -0.2) is 4.79 Å². The molecule has 1 rings (SSSR count). The molecule has 4 nitrogen and oxygen atoms in total. The first-order chi connectivity index (χ1) is 8.60. The lowest BCUT2D eigenvalue weighted by molar-refractivity contribution is -0.161. The molecule has 0 N–H and O–H groups in total. The Morgan fingerprint density at radius 1 is 1.61 bits per heavy atom. The van der Waals surface area contributed by atoms with Gasteiger partial charge in [0, 0.05) is 17.8 Å². The van der Waals surface area contributed by atoms with Crippen molar-refractivity contribution in [2.75, 3.05) is 20.3 Å². The van der Waals surface area contributed by atoms with Gasteiger partial charge in [0.15, 0.2) is 6.10 Å². The zero-order chi connectivity index (χ0) is 13.5. The number of carbonyl (C=O) groups excluding carboxylic acids is 1. The topological polar surface area (TPSA) is 44.8 Å². The highest BCUT2D eigenvalue weighted by molar-refractivity contribution is 8.23. The molecule has 1 unspecified atom stereocenters. The molecule has 0 aromatic heterocycles. The number of hydrogen-bond acceptors (Lipinski definition) is 6. The average molecular weight is 292 g/mol. The molecule has 1 saturated heterocycles. The molecule has 0 bridgehead atoms. The normalized spacial score (nSPS) is 25.3. The fourth-order valence-electron chi connectivity index (χ4n) is 2.04. The molecule has 0 aliphatic carbocycles. The SMILES string of the molecule is CCOC(=S)SC(C)[C@@H]1CCCO[C@H]1C(=O)OC. The predicted molar refractivity (Wildman–Crippen MR) is 75.8 cm³/mol. The predicted octanol–water partition coefficient (Wildman–Crippen LogP) is 2.40. The fourth-order valence-corrected chi connectivity index (χ4v) is 3.55. The van der Waals surface area contributed by atoms with Gasteiger partial charge in [-0.2, -0.15) is 0 Å². The van der Waals surface area contributed by atoms with Gasteiger partial charge in [0.25, 0.3) is 0 Å². The summed E-state index contributed by atoms with van der Waals surface area (Å²) in [6.07, 6.45) is 1.43. The molecular formula is C12H20O4S2. The summed E-state index contributed by atoms with van der Waals surface area (Å²) in [7, 11) is 1.39. The molecule has 0 spiro atoms. The number of thiocarbonyl (C=S) groups is 1. The second kappa shape index (κ2) is 7.96. The molecule has 18 heavy (non-hydrogen) atoms. The van der Waals surface area contributed by atoms with Crippen LogP contribution in [0.15, 0.2) is 0 Å². The lowest BCUT2D eigenvalue weighted by atomic mass is 9.91. The molecule has 0 radical (unpaired) electrons. The van der Waals surface area contributed by atoms with Crippen LogP contribution in [0, 0.1) is 5.92 Å². The first-order valence-corrected chi connectivity index (χ1v) is 7.41. The quantitative estimate of drug-likeness (QED) is 0.585. The zero-order valence-corrected chi connectivity index (χ0v) is 12.6. The van der Waals surface area contributed by atoms with Crippen LogP contribution in [0.2, 0.25) is 0 Å². The molecule has 0 aromatic rings. The van der Waals surface area contributed by atoms with E-state index >= 15 is 0 Å². The van der Waals surface area contributed by atoms with E-state index in [9.17, 15) is 4.79 Å². The fraction of sp³-hybridized carbons (Fsp3) is 0.833. The van der Waals surface area contributed by atoms with Crippen molar-refractivity contribution in [1.29, 1.82) is 0 Å². The number of ether oxygens (including phenoxy) is 3. The third kappa shape index (κ3) is 4.40. The molecule has 0 saturated carbocycles. The summed E-state index contributed by atoms with van der Waals surface area (Å²) in [6.45, 7) is 5.13. The Kier molecular flexibility index (Phi) is 6.96. The van der Waals surface area contributed by atoms with E-state index in [0.29, 0.717) is 17.6 Å². The summed E-state index contributed by atoms with van der Waals surface area (Å²) in [4.78, 5) is 11.7. The van der Waals surface area contributed by atoms with Gasteiger partial charge >= 0.3 is 5.97 Å². The van der Waals surface area contributed by atoms with Crippen LogP contribution in [0.4, 0.5) is 0 Å². The largest absolute Gasteiger partial charge is 0.479 e. The molecular weight excluding hydrogens is 272 g/mol. The standard InChI is InChI=1S/C12H20O4S2/c1-4-15-12(17)18-8(2)9-6-5-7-16-10(9)11(13)14-3/h8-10H,4-7H2,1-3H3/t8?,9-,10+/m0/s1. The minimum absolute atomic E-state index is 0.120. The molecule has 1 heterocycles. The Morgan fingerprint density at radius 3 is 2.94 bits per heavy atom. The number of thioether (sulfide) groups is 1. The molecule has 3 atom stereocenters. The Balaban J connectivity index is 2.59. The van der Waals surface area contributed by atoms with Crippen molar-refractivity contribution in [2.45, 2.75) is 38.0 Å². The number of carbonyl (C=O) groups is 1.